The number of carbonyl (C=O) groups is 1. The minimum atomic E-state index is -0.601. The predicted octanol–water partition coefficient (Wildman–Crippen LogP) is 1.97. The first kappa shape index (κ1) is 10.5. The van der Waals surface area contributed by atoms with Crippen molar-refractivity contribution in [2.75, 3.05) is 12.3 Å². The molecule has 0 saturated heterocycles. The highest BCUT2D eigenvalue weighted by atomic mass is 19.1. The smallest absolute Gasteiger partial charge is 0.338 e. The minimum absolute atomic E-state index is 0.0250. The van der Waals surface area contributed by atoms with Gasteiger partial charge in [0.2, 0.25) is 0 Å². The van der Waals surface area contributed by atoms with Gasteiger partial charge in [-0.15, -0.1) is 0 Å². The van der Waals surface area contributed by atoms with Gasteiger partial charge in [-0.1, -0.05) is 6.92 Å². The van der Waals surface area contributed by atoms with E-state index in [1.165, 1.54) is 12.1 Å². The van der Waals surface area contributed by atoms with E-state index < -0.39 is 11.8 Å². The predicted molar refractivity (Wildman–Crippen MR) is 51.4 cm³/mol. The summed E-state index contributed by atoms with van der Waals surface area (Å²) in [7, 11) is 0. The quantitative estimate of drug-likeness (QED) is 0.595. The molecule has 1 rings (SSSR count). The molecule has 76 valence electrons. The second-order valence-electron chi connectivity index (χ2n) is 2.87. The third-order valence-corrected chi connectivity index (χ3v) is 1.67. The maximum atomic E-state index is 12.9. The summed E-state index contributed by atoms with van der Waals surface area (Å²) < 4.78 is 17.8. The van der Waals surface area contributed by atoms with E-state index >= 15 is 0 Å². The fourth-order valence-electron chi connectivity index (χ4n) is 0.932. The Morgan fingerprint density at radius 1 is 1.57 bits per heavy atom. The number of hydrogen-bond acceptors (Lipinski definition) is 3. The molecule has 0 saturated carbocycles. The Bertz CT molecular complexity index is 339. The lowest BCUT2D eigenvalue weighted by atomic mass is 10.2. The molecule has 0 radical (unpaired) electrons. The Hall–Kier alpha value is -1.58. The zero-order valence-electron chi connectivity index (χ0n) is 7.92. The number of carbonyl (C=O) groups excluding carboxylic acids is 1. The van der Waals surface area contributed by atoms with Gasteiger partial charge in [-0.25, -0.2) is 9.18 Å². The molecule has 0 spiro atoms. The summed E-state index contributed by atoms with van der Waals surface area (Å²) in [6.07, 6.45) is 0.739. The lowest BCUT2D eigenvalue weighted by molar-refractivity contribution is 0.0504. The van der Waals surface area contributed by atoms with E-state index in [0.717, 1.165) is 12.5 Å². The topological polar surface area (TPSA) is 52.3 Å². The van der Waals surface area contributed by atoms with Crippen molar-refractivity contribution in [1.29, 1.82) is 0 Å². The molecule has 0 amide bonds. The molecule has 2 N–H and O–H groups in total. The Kier molecular flexibility index (Phi) is 3.45. The summed E-state index contributed by atoms with van der Waals surface area (Å²) in [5.41, 5.74) is 5.47. The molecule has 0 unspecified atom stereocenters. The van der Waals surface area contributed by atoms with Crippen LogP contribution in [0.2, 0.25) is 0 Å². The van der Waals surface area contributed by atoms with Crippen LogP contribution in [0.5, 0.6) is 0 Å². The number of benzene rings is 1. The molecule has 0 aliphatic rings. The highest BCUT2D eigenvalue weighted by Gasteiger charge is 2.08. The summed E-state index contributed by atoms with van der Waals surface area (Å²) >= 11 is 0. The maximum absolute atomic E-state index is 12.9. The van der Waals surface area contributed by atoms with Crippen molar-refractivity contribution >= 4 is 11.7 Å². The normalized spacial score (nSPS) is 9.86. The molecule has 4 heteroatoms. The van der Waals surface area contributed by atoms with Crippen LogP contribution >= 0.6 is 0 Å². The van der Waals surface area contributed by atoms with Gasteiger partial charge >= 0.3 is 5.97 Å². The molecule has 0 bridgehead atoms. The molecule has 1 aromatic carbocycles. The summed E-state index contributed by atoms with van der Waals surface area (Å²) in [6.45, 7) is 2.22. The molecule has 3 nitrogen and oxygen atoms in total. The third kappa shape index (κ3) is 2.45. The van der Waals surface area contributed by atoms with Crippen LogP contribution in [0.4, 0.5) is 10.1 Å². The van der Waals surface area contributed by atoms with Crippen LogP contribution in [0.15, 0.2) is 18.2 Å². The van der Waals surface area contributed by atoms with E-state index in [1.54, 1.807) is 0 Å². The van der Waals surface area contributed by atoms with Crippen LogP contribution in [-0.4, -0.2) is 12.6 Å². The highest BCUT2D eigenvalue weighted by Crippen LogP contribution is 2.12. The Morgan fingerprint density at radius 3 is 2.86 bits per heavy atom. The van der Waals surface area contributed by atoms with E-state index in [1.807, 2.05) is 6.92 Å². The van der Waals surface area contributed by atoms with Crippen molar-refractivity contribution < 1.29 is 13.9 Å². The van der Waals surface area contributed by atoms with Crippen LogP contribution < -0.4 is 5.73 Å². The van der Waals surface area contributed by atoms with Crippen molar-refractivity contribution in [2.45, 2.75) is 13.3 Å². The Balaban J connectivity index is 2.76. The summed E-state index contributed by atoms with van der Waals surface area (Å²) in [6, 6.07) is 3.86. The number of nitrogen functional groups attached to an aromatic ring is 1. The fraction of sp³-hybridized carbons (Fsp3) is 0.300. The Labute approximate surface area is 81.7 Å². The first-order valence-corrected chi connectivity index (χ1v) is 4.37. The molecule has 0 atom stereocenters. The SMILES string of the molecule is CCCOC(=O)c1ccc(N)c(F)c1. The van der Waals surface area contributed by atoms with Gasteiger partial charge in [0.05, 0.1) is 17.9 Å². The second-order valence-corrected chi connectivity index (χ2v) is 2.87. The molecule has 0 aliphatic heterocycles. The lowest BCUT2D eigenvalue weighted by Crippen LogP contribution is -2.06. The van der Waals surface area contributed by atoms with Crippen LogP contribution in [0.1, 0.15) is 23.7 Å². The van der Waals surface area contributed by atoms with Gasteiger partial charge in [0.25, 0.3) is 0 Å². The number of rotatable bonds is 3. The van der Waals surface area contributed by atoms with Gasteiger partial charge in [-0.05, 0) is 24.6 Å². The molecular formula is C10H12FNO2. The van der Waals surface area contributed by atoms with Crippen molar-refractivity contribution in [1.82, 2.24) is 0 Å². The third-order valence-electron chi connectivity index (χ3n) is 1.67. The average Bonchev–Trinajstić information content (AvgIpc) is 2.18. The van der Waals surface area contributed by atoms with Crippen molar-refractivity contribution in [3.63, 3.8) is 0 Å². The number of esters is 1. The van der Waals surface area contributed by atoms with Crippen LogP contribution in [0.3, 0.4) is 0 Å². The summed E-state index contributed by atoms with van der Waals surface area (Å²) in [5, 5.41) is 0. The highest BCUT2D eigenvalue weighted by molar-refractivity contribution is 5.89. The molecule has 1 aromatic rings. The van der Waals surface area contributed by atoms with Crippen molar-refractivity contribution in [2.24, 2.45) is 0 Å². The number of nitrogens with two attached hydrogens (primary N) is 1. The largest absolute Gasteiger partial charge is 0.462 e. The number of hydrogen-bond donors (Lipinski definition) is 1. The van der Waals surface area contributed by atoms with E-state index in [4.69, 9.17) is 10.5 Å². The van der Waals surface area contributed by atoms with Crippen LogP contribution in [0, 0.1) is 5.82 Å². The summed E-state index contributed by atoms with van der Waals surface area (Å²) in [4.78, 5) is 11.2. The molecule has 14 heavy (non-hydrogen) atoms. The lowest BCUT2D eigenvalue weighted by Gasteiger charge is -2.03. The van der Waals surface area contributed by atoms with Gasteiger partial charge in [0.15, 0.2) is 0 Å². The average molecular weight is 197 g/mol. The maximum Gasteiger partial charge on any atom is 0.338 e. The van der Waals surface area contributed by atoms with Crippen molar-refractivity contribution in [3.8, 4) is 0 Å². The first-order valence-electron chi connectivity index (χ1n) is 4.37. The molecular weight excluding hydrogens is 185 g/mol. The van der Waals surface area contributed by atoms with E-state index in [2.05, 4.69) is 0 Å². The van der Waals surface area contributed by atoms with E-state index in [9.17, 15) is 9.18 Å². The number of halogens is 1. The van der Waals surface area contributed by atoms with Gasteiger partial charge in [0, 0.05) is 0 Å². The van der Waals surface area contributed by atoms with Gasteiger partial charge in [-0.2, -0.15) is 0 Å². The fourth-order valence-corrected chi connectivity index (χ4v) is 0.932. The zero-order chi connectivity index (χ0) is 10.6. The van der Waals surface area contributed by atoms with Crippen LogP contribution in [0.25, 0.3) is 0 Å². The standard InChI is InChI=1S/C10H12FNO2/c1-2-5-14-10(13)7-3-4-9(12)8(11)6-7/h3-4,6H,2,5,12H2,1H3. The number of anilines is 1. The minimum Gasteiger partial charge on any atom is -0.462 e. The Morgan fingerprint density at radius 2 is 2.29 bits per heavy atom. The van der Waals surface area contributed by atoms with E-state index in [0.29, 0.717) is 6.61 Å². The van der Waals surface area contributed by atoms with Gasteiger partial charge in [0.1, 0.15) is 5.82 Å². The zero-order valence-corrected chi connectivity index (χ0v) is 7.92. The first-order chi connectivity index (χ1) is 6.65. The van der Waals surface area contributed by atoms with Crippen LogP contribution in [-0.2, 0) is 4.74 Å². The molecule has 0 heterocycles. The second kappa shape index (κ2) is 4.60. The summed E-state index contributed by atoms with van der Waals surface area (Å²) in [5.74, 6) is -1.12. The van der Waals surface area contributed by atoms with Crippen molar-refractivity contribution in [3.05, 3.63) is 29.6 Å². The molecule has 0 aliphatic carbocycles. The van der Waals surface area contributed by atoms with Gasteiger partial charge in [-0.3, -0.25) is 0 Å². The monoisotopic (exact) mass is 197 g/mol. The molecule has 0 aromatic heterocycles. The molecule has 0 fully saturated rings. The van der Waals surface area contributed by atoms with Gasteiger partial charge < -0.3 is 10.5 Å². The van der Waals surface area contributed by atoms with E-state index in [-0.39, 0.29) is 11.3 Å². The number of ether oxygens (including phenoxy) is 1.